The summed E-state index contributed by atoms with van der Waals surface area (Å²) < 4.78 is 11.2. The zero-order chi connectivity index (χ0) is 21.0. The molecule has 1 saturated heterocycles. The number of hydrogen-bond donors (Lipinski definition) is 1. The van der Waals surface area contributed by atoms with Crippen LogP contribution in [-0.2, 0) is 14.3 Å². The van der Waals surface area contributed by atoms with Crippen LogP contribution in [0.2, 0.25) is 0 Å². The first-order chi connectivity index (χ1) is 13.8. The predicted molar refractivity (Wildman–Crippen MR) is 110 cm³/mol. The van der Waals surface area contributed by atoms with Crippen molar-refractivity contribution in [1.82, 2.24) is 0 Å². The lowest BCUT2D eigenvalue weighted by Crippen LogP contribution is -2.25. The van der Waals surface area contributed by atoms with Crippen LogP contribution in [0.25, 0.3) is 0 Å². The second kappa shape index (κ2) is 9.40. The number of benzene rings is 1. The van der Waals surface area contributed by atoms with Crippen LogP contribution in [0, 0.1) is 17.8 Å². The Morgan fingerprint density at radius 1 is 1.31 bits per heavy atom. The Labute approximate surface area is 172 Å². The van der Waals surface area contributed by atoms with Gasteiger partial charge in [-0.25, -0.2) is 4.79 Å². The maximum atomic E-state index is 12.5. The number of aliphatic hydroxyl groups excluding tert-OH is 1. The Balaban J connectivity index is 1.70. The second-order valence-corrected chi connectivity index (χ2v) is 8.39. The highest BCUT2D eigenvalue weighted by molar-refractivity contribution is 5.89. The highest BCUT2D eigenvalue weighted by Gasteiger charge is 2.50. The molecule has 1 saturated carbocycles. The van der Waals surface area contributed by atoms with E-state index in [1.54, 1.807) is 30.3 Å². The van der Waals surface area contributed by atoms with E-state index < -0.39 is 6.10 Å². The monoisotopic (exact) mass is 398 g/mol. The predicted octanol–water partition coefficient (Wildman–Crippen LogP) is 4.07. The van der Waals surface area contributed by atoms with Crippen LogP contribution in [0.4, 0.5) is 0 Å². The van der Waals surface area contributed by atoms with Crippen molar-refractivity contribution in [2.45, 2.75) is 58.3 Å². The molecule has 1 N–H and O–H groups in total. The average molecular weight is 398 g/mol. The molecule has 1 unspecified atom stereocenters. The van der Waals surface area contributed by atoms with Gasteiger partial charge in [-0.15, -0.1) is 0 Å². The molecule has 1 aliphatic carbocycles. The molecule has 0 bridgehead atoms. The summed E-state index contributed by atoms with van der Waals surface area (Å²) in [4.78, 5) is 24.3. The van der Waals surface area contributed by atoms with Gasteiger partial charge in [0.25, 0.3) is 0 Å². The van der Waals surface area contributed by atoms with Gasteiger partial charge in [-0.2, -0.15) is 0 Å². The van der Waals surface area contributed by atoms with E-state index in [1.807, 2.05) is 32.9 Å². The molecule has 1 aromatic carbocycles. The Bertz CT molecular complexity index is 778. The van der Waals surface area contributed by atoms with Crippen LogP contribution < -0.4 is 0 Å². The number of carbonyl (C=O) groups is 2. The molecule has 5 nitrogen and oxygen atoms in total. The van der Waals surface area contributed by atoms with Crippen LogP contribution >= 0.6 is 0 Å². The van der Waals surface area contributed by atoms with Crippen LogP contribution in [0.1, 0.15) is 50.4 Å². The number of allylic oxidation sites excluding steroid dienone is 2. The van der Waals surface area contributed by atoms with Gasteiger partial charge in [0.1, 0.15) is 12.2 Å². The van der Waals surface area contributed by atoms with Crippen LogP contribution in [-0.4, -0.2) is 35.4 Å². The van der Waals surface area contributed by atoms with Crippen molar-refractivity contribution >= 4 is 11.9 Å². The lowest BCUT2D eigenvalue weighted by Gasteiger charge is -2.21. The molecule has 1 aliphatic heterocycles. The van der Waals surface area contributed by atoms with Gasteiger partial charge in [-0.1, -0.05) is 48.9 Å². The summed E-state index contributed by atoms with van der Waals surface area (Å²) >= 11 is 0. The zero-order valence-electron chi connectivity index (χ0n) is 17.3. The fraction of sp³-hybridized carbons (Fsp3) is 0.500. The van der Waals surface area contributed by atoms with E-state index in [9.17, 15) is 14.7 Å². The first kappa shape index (κ1) is 21.3. The Hall–Kier alpha value is -2.40. The average Bonchev–Trinajstić information content (AvgIpc) is 3.20. The van der Waals surface area contributed by atoms with Crippen molar-refractivity contribution in [1.29, 1.82) is 0 Å². The summed E-state index contributed by atoms with van der Waals surface area (Å²) in [6.07, 6.45) is 6.21. The van der Waals surface area contributed by atoms with Gasteiger partial charge < -0.3 is 14.6 Å². The van der Waals surface area contributed by atoms with Crippen LogP contribution in [0.15, 0.2) is 54.1 Å². The van der Waals surface area contributed by atoms with E-state index in [1.165, 1.54) is 5.57 Å². The van der Waals surface area contributed by atoms with E-state index in [2.05, 4.69) is 6.08 Å². The molecule has 3 rings (SSSR count). The van der Waals surface area contributed by atoms with Gasteiger partial charge in [-0.3, -0.25) is 4.79 Å². The van der Waals surface area contributed by atoms with E-state index in [0.29, 0.717) is 18.4 Å². The number of aliphatic hydroxyl groups is 1. The molecule has 0 radical (unpaired) electrons. The number of hydrogen-bond acceptors (Lipinski definition) is 5. The van der Waals surface area contributed by atoms with Crippen molar-refractivity contribution in [3.63, 3.8) is 0 Å². The van der Waals surface area contributed by atoms with Crippen molar-refractivity contribution in [3.05, 3.63) is 59.7 Å². The fourth-order valence-electron chi connectivity index (χ4n) is 4.06. The number of fused-ring (bicyclic) bond motifs is 1. The first-order valence-corrected chi connectivity index (χ1v) is 10.3. The van der Waals surface area contributed by atoms with Crippen molar-refractivity contribution in [2.75, 3.05) is 0 Å². The quantitative estimate of drug-likeness (QED) is 0.554. The van der Waals surface area contributed by atoms with Crippen molar-refractivity contribution in [2.24, 2.45) is 17.8 Å². The van der Waals surface area contributed by atoms with Gasteiger partial charge in [0.15, 0.2) is 0 Å². The summed E-state index contributed by atoms with van der Waals surface area (Å²) in [5.74, 6) is -0.677. The van der Waals surface area contributed by atoms with E-state index >= 15 is 0 Å². The summed E-state index contributed by atoms with van der Waals surface area (Å²) in [7, 11) is 0. The van der Waals surface area contributed by atoms with Crippen LogP contribution in [0.3, 0.4) is 0 Å². The van der Waals surface area contributed by atoms with Gasteiger partial charge >= 0.3 is 11.9 Å². The Morgan fingerprint density at radius 3 is 2.72 bits per heavy atom. The molecule has 1 aromatic rings. The van der Waals surface area contributed by atoms with Crippen LogP contribution in [0.5, 0.6) is 0 Å². The molecular formula is C24H30O5. The van der Waals surface area contributed by atoms with Gasteiger partial charge in [0.05, 0.1) is 18.1 Å². The molecule has 0 spiro atoms. The molecule has 5 heteroatoms. The molecule has 2 fully saturated rings. The van der Waals surface area contributed by atoms with Crippen molar-refractivity contribution in [3.8, 4) is 0 Å². The third-order valence-corrected chi connectivity index (χ3v) is 5.83. The molecule has 2 aliphatic rings. The minimum atomic E-state index is -0.604. The smallest absolute Gasteiger partial charge is 0.338 e. The molecule has 29 heavy (non-hydrogen) atoms. The third kappa shape index (κ3) is 5.36. The molecule has 156 valence electrons. The van der Waals surface area contributed by atoms with Gasteiger partial charge in [-0.05, 0) is 38.3 Å². The standard InChI is InChI=1S/C24H30O5/c1-15(2)9-10-16(3)20(25)12-11-18-19-13-23(26)28-22(19)14-21(18)29-24(27)17-7-5-4-6-8-17/h4-9,11-12,16,18-22,25H,10,13-14H2,1-3H3/t16?,18-,19-,20+,21-,22+/m1/s1. The molecule has 0 aromatic heterocycles. The first-order valence-electron chi connectivity index (χ1n) is 10.3. The normalized spacial score (nSPS) is 27.9. The second-order valence-electron chi connectivity index (χ2n) is 8.39. The lowest BCUT2D eigenvalue weighted by molar-refractivity contribution is -0.141. The van der Waals surface area contributed by atoms with Gasteiger partial charge in [0, 0.05) is 18.3 Å². The summed E-state index contributed by atoms with van der Waals surface area (Å²) in [5.41, 5.74) is 1.72. The summed E-state index contributed by atoms with van der Waals surface area (Å²) in [6, 6.07) is 8.88. The minimum absolute atomic E-state index is 0.0207. The summed E-state index contributed by atoms with van der Waals surface area (Å²) in [5, 5.41) is 10.5. The molecule has 6 atom stereocenters. The highest BCUT2D eigenvalue weighted by Crippen LogP contribution is 2.43. The van der Waals surface area contributed by atoms with Crippen molar-refractivity contribution < 1.29 is 24.2 Å². The highest BCUT2D eigenvalue weighted by atomic mass is 16.6. The lowest BCUT2D eigenvalue weighted by atomic mass is 9.90. The SMILES string of the molecule is CC(C)=CCC(C)[C@@H](O)C=C[C@@H]1[C@H]2CC(=O)O[C@H]2C[C@H]1OC(=O)c1ccccc1. The minimum Gasteiger partial charge on any atom is -0.462 e. The van der Waals surface area contributed by atoms with E-state index in [4.69, 9.17) is 9.47 Å². The Kier molecular flexibility index (Phi) is 6.91. The number of carbonyl (C=O) groups excluding carboxylic acids is 2. The zero-order valence-corrected chi connectivity index (χ0v) is 17.3. The maximum Gasteiger partial charge on any atom is 0.338 e. The number of rotatable bonds is 7. The number of esters is 2. The maximum absolute atomic E-state index is 12.5. The third-order valence-electron chi connectivity index (χ3n) is 5.83. The largest absolute Gasteiger partial charge is 0.462 e. The van der Waals surface area contributed by atoms with E-state index in [0.717, 1.165) is 6.42 Å². The van der Waals surface area contributed by atoms with E-state index in [-0.39, 0.29) is 41.9 Å². The fourth-order valence-corrected chi connectivity index (χ4v) is 4.06. The molecule has 0 amide bonds. The molecule has 1 heterocycles. The topological polar surface area (TPSA) is 72.8 Å². The summed E-state index contributed by atoms with van der Waals surface area (Å²) in [6.45, 7) is 6.08. The Morgan fingerprint density at radius 2 is 2.03 bits per heavy atom. The van der Waals surface area contributed by atoms with Gasteiger partial charge in [0.2, 0.25) is 0 Å². The number of ether oxygens (including phenoxy) is 2. The molecular weight excluding hydrogens is 368 g/mol.